The standard InChI is InChI=1S/C3H5ClO2.C3H5NO/c4-2-1-3(5)6;1-2-3(4)5/h1-2H2,(H,5,6);2H,1H2,(H2,4,5). The molecule has 0 aromatic rings. The van der Waals surface area contributed by atoms with Gasteiger partial charge >= 0.3 is 5.97 Å². The Morgan fingerprint density at radius 2 is 2.00 bits per heavy atom. The van der Waals surface area contributed by atoms with Crippen LogP contribution in [0.5, 0.6) is 0 Å². The number of hydrogen-bond donors (Lipinski definition) is 2. The van der Waals surface area contributed by atoms with E-state index in [2.05, 4.69) is 12.3 Å². The van der Waals surface area contributed by atoms with Crippen LogP contribution in [0.4, 0.5) is 0 Å². The van der Waals surface area contributed by atoms with Gasteiger partial charge in [0.25, 0.3) is 0 Å². The average Bonchev–Trinajstić information content (AvgIpc) is 1.89. The molecule has 0 fully saturated rings. The van der Waals surface area contributed by atoms with Gasteiger partial charge in [-0.1, -0.05) is 6.58 Å². The van der Waals surface area contributed by atoms with E-state index < -0.39 is 11.9 Å². The zero-order chi connectivity index (χ0) is 9.28. The molecular formula is C6H10ClNO3. The highest BCUT2D eigenvalue weighted by atomic mass is 35.5. The Balaban J connectivity index is 0. The first-order valence-corrected chi connectivity index (χ1v) is 3.27. The van der Waals surface area contributed by atoms with E-state index in [0.29, 0.717) is 0 Å². The lowest BCUT2D eigenvalue weighted by molar-refractivity contribution is -0.136. The zero-order valence-corrected chi connectivity index (χ0v) is 6.67. The Hall–Kier alpha value is -1.03. The topological polar surface area (TPSA) is 80.4 Å². The largest absolute Gasteiger partial charge is 0.481 e. The maximum Gasteiger partial charge on any atom is 0.304 e. The third-order valence-electron chi connectivity index (χ3n) is 0.510. The summed E-state index contributed by atoms with van der Waals surface area (Å²) in [5, 5.41) is 7.83. The number of amides is 1. The number of carbonyl (C=O) groups is 2. The van der Waals surface area contributed by atoms with E-state index in [0.717, 1.165) is 6.08 Å². The monoisotopic (exact) mass is 179 g/mol. The number of primary amides is 1. The van der Waals surface area contributed by atoms with Crippen LogP contribution in [-0.4, -0.2) is 22.9 Å². The maximum atomic E-state index is 9.51. The lowest BCUT2D eigenvalue weighted by Crippen LogP contribution is -2.04. The van der Waals surface area contributed by atoms with E-state index in [1.165, 1.54) is 0 Å². The molecule has 0 aromatic heterocycles. The zero-order valence-electron chi connectivity index (χ0n) is 5.92. The smallest absolute Gasteiger partial charge is 0.304 e. The first kappa shape index (κ1) is 12.6. The van der Waals surface area contributed by atoms with Crippen molar-refractivity contribution < 1.29 is 14.7 Å². The summed E-state index contributed by atoms with van der Waals surface area (Å²) in [5.74, 6) is -1.12. The molecule has 5 heteroatoms. The minimum Gasteiger partial charge on any atom is -0.481 e. The summed E-state index contributed by atoms with van der Waals surface area (Å²) in [6, 6.07) is 0. The molecule has 0 aromatic carbocycles. The van der Waals surface area contributed by atoms with Gasteiger partial charge in [-0.2, -0.15) is 0 Å². The van der Waals surface area contributed by atoms with Gasteiger partial charge in [0.05, 0.1) is 6.42 Å². The van der Waals surface area contributed by atoms with Crippen molar-refractivity contribution in [2.24, 2.45) is 5.73 Å². The third kappa shape index (κ3) is 27.6. The molecule has 0 rings (SSSR count). The van der Waals surface area contributed by atoms with Gasteiger partial charge in [-0.05, 0) is 6.08 Å². The molecule has 1 amide bonds. The summed E-state index contributed by atoms with van der Waals surface area (Å²) >= 11 is 5.02. The molecule has 0 heterocycles. The fourth-order valence-corrected chi connectivity index (χ4v) is 0.243. The predicted molar refractivity (Wildman–Crippen MR) is 42.4 cm³/mol. The fraction of sp³-hybridized carbons (Fsp3) is 0.333. The third-order valence-corrected chi connectivity index (χ3v) is 0.699. The van der Waals surface area contributed by atoms with Crippen molar-refractivity contribution in [2.75, 3.05) is 5.88 Å². The highest BCUT2D eigenvalue weighted by Crippen LogP contribution is 1.80. The molecule has 0 unspecified atom stereocenters. The van der Waals surface area contributed by atoms with Crippen molar-refractivity contribution >= 4 is 23.5 Å². The summed E-state index contributed by atoms with van der Waals surface area (Å²) in [4.78, 5) is 19.0. The molecule has 4 nitrogen and oxygen atoms in total. The van der Waals surface area contributed by atoms with Crippen LogP contribution in [0, 0.1) is 0 Å². The molecule has 0 radical (unpaired) electrons. The number of halogens is 1. The first-order valence-electron chi connectivity index (χ1n) is 2.74. The van der Waals surface area contributed by atoms with Crippen LogP contribution >= 0.6 is 11.6 Å². The first-order chi connectivity index (χ1) is 5.04. The summed E-state index contributed by atoms with van der Waals surface area (Å²) < 4.78 is 0. The maximum absolute atomic E-state index is 9.51. The number of hydrogen-bond acceptors (Lipinski definition) is 2. The van der Waals surface area contributed by atoms with E-state index in [1.54, 1.807) is 0 Å². The van der Waals surface area contributed by atoms with Crippen molar-refractivity contribution in [3.05, 3.63) is 12.7 Å². The van der Waals surface area contributed by atoms with Gasteiger partial charge in [0.1, 0.15) is 0 Å². The van der Waals surface area contributed by atoms with Crippen molar-refractivity contribution in [1.29, 1.82) is 0 Å². The van der Waals surface area contributed by atoms with Gasteiger partial charge in [-0.3, -0.25) is 9.59 Å². The summed E-state index contributed by atoms with van der Waals surface area (Å²) in [6.07, 6.45) is 1.11. The number of alkyl halides is 1. The Morgan fingerprint density at radius 1 is 1.64 bits per heavy atom. The van der Waals surface area contributed by atoms with E-state index in [4.69, 9.17) is 16.7 Å². The number of rotatable bonds is 3. The van der Waals surface area contributed by atoms with Crippen molar-refractivity contribution in [3.8, 4) is 0 Å². The van der Waals surface area contributed by atoms with Crippen LogP contribution < -0.4 is 5.73 Å². The highest BCUT2D eigenvalue weighted by molar-refractivity contribution is 6.18. The summed E-state index contributed by atoms with van der Waals surface area (Å²) in [6.45, 7) is 3.09. The fourth-order valence-electron chi connectivity index (χ4n) is 0.0808. The van der Waals surface area contributed by atoms with Crippen molar-refractivity contribution in [2.45, 2.75) is 6.42 Å². The molecule has 0 saturated carbocycles. The molecule has 0 bridgehead atoms. The minimum absolute atomic E-state index is 0.0571. The molecule has 0 atom stereocenters. The molecule has 0 aliphatic carbocycles. The van der Waals surface area contributed by atoms with Gasteiger partial charge in [0.2, 0.25) is 5.91 Å². The van der Waals surface area contributed by atoms with Gasteiger partial charge in [0, 0.05) is 5.88 Å². The van der Waals surface area contributed by atoms with Gasteiger partial charge < -0.3 is 10.8 Å². The van der Waals surface area contributed by atoms with Crippen LogP contribution in [0.15, 0.2) is 12.7 Å². The van der Waals surface area contributed by atoms with Crippen LogP contribution in [0.25, 0.3) is 0 Å². The Kier molecular flexibility index (Phi) is 10.3. The Labute approximate surface area is 69.6 Å². The molecule has 3 N–H and O–H groups in total. The lowest BCUT2D eigenvalue weighted by atomic mass is 10.5. The molecular weight excluding hydrogens is 170 g/mol. The SMILES string of the molecule is C=CC(N)=O.O=C(O)CCCl. The minimum atomic E-state index is -0.843. The molecule has 64 valence electrons. The van der Waals surface area contributed by atoms with Gasteiger partial charge in [0.15, 0.2) is 0 Å². The van der Waals surface area contributed by atoms with Crippen molar-refractivity contribution in [1.82, 2.24) is 0 Å². The predicted octanol–water partition coefficient (Wildman–Crippen LogP) is 0.358. The normalized spacial score (nSPS) is 7.36. The van der Waals surface area contributed by atoms with E-state index >= 15 is 0 Å². The molecule has 11 heavy (non-hydrogen) atoms. The van der Waals surface area contributed by atoms with Crippen LogP contribution in [-0.2, 0) is 9.59 Å². The lowest BCUT2D eigenvalue weighted by Gasteiger charge is -1.78. The highest BCUT2D eigenvalue weighted by Gasteiger charge is 1.89. The Bertz CT molecular complexity index is 147. The van der Waals surface area contributed by atoms with E-state index in [1.807, 2.05) is 0 Å². The molecule has 0 aliphatic heterocycles. The quantitative estimate of drug-likeness (QED) is 0.485. The second kappa shape index (κ2) is 8.97. The van der Waals surface area contributed by atoms with Crippen LogP contribution in [0.1, 0.15) is 6.42 Å². The number of nitrogens with two attached hydrogens (primary N) is 1. The second-order valence-electron chi connectivity index (χ2n) is 1.44. The van der Waals surface area contributed by atoms with Crippen LogP contribution in [0.3, 0.4) is 0 Å². The number of aliphatic carboxylic acids is 1. The number of carboxylic acids is 1. The number of carbonyl (C=O) groups excluding carboxylic acids is 1. The Morgan fingerprint density at radius 3 is 2.00 bits per heavy atom. The van der Waals surface area contributed by atoms with Gasteiger partial charge in [-0.15, -0.1) is 11.6 Å². The van der Waals surface area contributed by atoms with Gasteiger partial charge in [-0.25, -0.2) is 0 Å². The number of carboxylic acid groups (broad SMARTS) is 1. The van der Waals surface area contributed by atoms with Crippen LogP contribution in [0.2, 0.25) is 0 Å². The molecule has 0 aliphatic rings. The molecule has 0 spiro atoms. The van der Waals surface area contributed by atoms with E-state index in [9.17, 15) is 9.59 Å². The van der Waals surface area contributed by atoms with Crippen molar-refractivity contribution in [3.63, 3.8) is 0 Å². The van der Waals surface area contributed by atoms with E-state index in [-0.39, 0.29) is 12.3 Å². The average molecular weight is 180 g/mol. The summed E-state index contributed by atoms with van der Waals surface area (Å²) in [7, 11) is 0. The molecule has 0 saturated heterocycles. The second-order valence-corrected chi connectivity index (χ2v) is 1.82. The summed E-state index contributed by atoms with van der Waals surface area (Å²) in [5.41, 5.74) is 4.53.